The molecule has 0 aromatic carbocycles. The van der Waals surface area contributed by atoms with Gasteiger partial charge < -0.3 is 5.73 Å². The summed E-state index contributed by atoms with van der Waals surface area (Å²) in [4.78, 5) is 17.3. The lowest BCUT2D eigenvalue weighted by molar-refractivity contribution is 0.161. The molecule has 0 aromatic heterocycles. The molecule has 4 heteroatoms. The number of amidine groups is 1. The zero-order chi connectivity index (χ0) is 13.1. The fourth-order valence-electron chi connectivity index (χ4n) is 2.35. The van der Waals surface area contributed by atoms with Crippen LogP contribution in [0.3, 0.4) is 0 Å². The molecule has 0 bridgehead atoms. The number of hydrogen-bond acceptors (Lipinski definition) is 2. The van der Waals surface area contributed by atoms with Crippen molar-refractivity contribution in [2.75, 3.05) is 6.54 Å². The van der Waals surface area contributed by atoms with Crippen LogP contribution in [-0.2, 0) is 0 Å². The third-order valence-corrected chi connectivity index (χ3v) is 3.66. The third-order valence-electron chi connectivity index (χ3n) is 3.66. The summed E-state index contributed by atoms with van der Waals surface area (Å²) in [6.07, 6.45) is 7.94. The quantitative estimate of drug-likeness (QED) is 0.741. The Morgan fingerprint density at radius 3 is 2.71 bits per heavy atom. The number of urea groups is 1. The molecule has 4 nitrogen and oxygen atoms in total. The predicted molar refractivity (Wildman–Crippen MR) is 69.7 cm³/mol. The van der Waals surface area contributed by atoms with Crippen LogP contribution >= 0.6 is 0 Å². The van der Waals surface area contributed by atoms with E-state index in [2.05, 4.69) is 24.8 Å². The highest BCUT2D eigenvalue weighted by Gasteiger charge is 2.47. The fraction of sp³-hybridized carbons (Fsp3) is 0.692. The van der Waals surface area contributed by atoms with Gasteiger partial charge in [0, 0.05) is 0 Å². The van der Waals surface area contributed by atoms with Crippen LogP contribution in [0.1, 0.15) is 40.0 Å². The Hall–Kier alpha value is -1.50. The van der Waals surface area contributed by atoms with E-state index in [1.807, 2.05) is 6.92 Å². The molecule has 0 saturated heterocycles. The molecule has 17 heavy (non-hydrogen) atoms. The van der Waals surface area contributed by atoms with Gasteiger partial charge in [-0.2, -0.15) is 4.99 Å². The van der Waals surface area contributed by atoms with E-state index in [1.165, 1.54) is 0 Å². The number of rotatable bonds is 5. The molecule has 0 radical (unpaired) electrons. The predicted octanol–water partition coefficient (Wildman–Crippen LogP) is 2.00. The first-order valence-electron chi connectivity index (χ1n) is 6.11. The van der Waals surface area contributed by atoms with Crippen molar-refractivity contribution >= 4 is 11.9 Å². The van der Waals surface area contributed by atoms with Crippen molar-refractivity contribution in [2.45, 2.75) is 45.6 Å². The zero-order valence-corrected chi connectivity index (χ0v) is 10.9. The van der Waals surface area contributed by atoms with E-state index >= 15 is 0 Å². The average molecular weight is 235 g/mol. The number of aliphatic imine (C=N–C) groups is 1. The molecule has 2 N–H and O–H groups in total. The summed E-state index contributed by atoms with van der Waals surface area (Å²) in [5.41, 5.74) is 5.48. The lowest BCUT2D eigenvalue weighted by atomic mass is 9.83. The van der Waals surface area contributed by atoms with Crippen molar-refractivity contribution in [1.29, 1.82) is 0 Å². The number of amides is 2. The Bertz CT molecular complexity index is 369. The lowest BCUT2D eigenvalue weighted by Crippen LogP contribution is -2.54. The normalized spacial score (nSPS) is 25.6. The van der Waals surface area contributed by atoms with Crippen molar-refractivity contribution in [3.63, 3.8) is 0 Å². The number of carbonyl (C=O) groups is 1. The van der Waals surface area contributed by atoms with Gasteiger partial charge in [-0.25, -0.2) is 4.79 Å². The molecule has 94 valence electrons. The first-order valence-corrected chi connectivity index (χ1v) is 6.11. The van der Waals surface area contributed by atoms with Crippen molar-refractivity contribution < 1.29 is 4.79 Å². The van der Waals surface area contributed by atoms with E-state index in [0.29, 0.717) is 11.8 Å². The first kappa shape index (κ1) is 13.6. The van der Waals surface area contributed by atoms with Gasteiger partial charge in [0.15, 0.2) is 0 Å². The molecule has 0 fully saturated rings. The molecule has 0 aliphatic carbocycles. The van der Waals surface area contributed by atoms with E-state index in [0.717, 1.165) is 19.3 Å². The molecule has 1 rings (SSSR count). The minimum atomic E-state index is -0.473. The number of nitrogens with zero attached hydrogens (tertiary/aromatic N) is 2. The van der Waals surface area contributed by atoms with Gasteiger partial charge in [0.2, 0.25) is 0 Å². The Balaban J connectivity index is 3.05. The summed E-state index contributed by atoms with van der Waals surface area (Å²) in [6.45, 7) is 6.57. The average Bonchev–Trinajstić information content (AvgIpc) is 2.53. The van der Waals surface area contributed by atoms with Gasteiger partial charge in [-0.05, 0) is 18.8 Å². The van der Waals surface area contributed by atoms with Crippen molar-refractivity contribution in [3.05, 3.63) is 0 Å². The maximum Gasteiger partial charge on any atom is 0.346 e. The van der Waals surface area contributed by atoms with Crippen LogP contribution in [0.15, 0.2) is 4.99 Å². The Kier molecular flexibility index (Phi) is 4.17. The summed E-state index contributed by atoms with van der Waals surface area (Å²) in [5, 5.41) is 0. The van der Waals surface area contributed by atoms with Crippen molar-refractivity contribution in [3.8, 4) is 12.3 Å². The maximum absolute atomic E-state index is 11.8. The van der Waals surface area contributed by atoms with Crippen LogP contribution in [0.2, 0.25) is 0 Å². The van der Waals surface area contributed by atoms with Crippen LogP contribution in [0.25, 0.3) is 0 Å². The van der Waals surface area contributed by atoms with Gasteiger partial charge in [-0.3, -0.25) is 4.90 Å². The summed E-state index contributed by atoms with van der Waals surface area (Å²) < 4.78 is 0. The van der Waals surface area contributed by atoms with Gasteiger partial charge in [-0.15, -0.1) is 6.42 Å². The van der Waals surface area contributed by atoms with Gasteiger partial charge in [-0.1, -0.05) is 33.1 Å². The van der Waals surface area contributed by atoms with E-state index < -0.39 is 5.54 Å². The van der Waals surface area contributed by atoms with Crippen LogP contribution in [0.5, 0.6) is 0 Å². The summed E-state index contributed by atoms with van der Waals surface area (Å²) >= 11 is 0. The highest BCUT2D eigenvalue weighted by molar-refractivity contribution is 6.05. The van der Waals surface area contributed by atoms with Crippen LogP contribution in [0, 0.1) is 18.3 Å². The number of hydrogen-bond donors (Lipinski definition) is 1. The number of carbonyl (C=O) groups excluding carboxylic acids is 1. The standard InChI is InChI=1S/C13H21N3O/c1-5-8-16-12(17)15-11(14)13(16,7-3)9-10(4)6-2/h1,10H,6-9H2,2-4H3,(H2,14,15,17). The van der Waals surface area contributed by atoms with Crippen LogP contribution in [0.4, 0.5) is 4.79 Å². The molecular formula is C13H21N3O. The van der Waals surface area contributed by atoms with Gasteiger partial charge in [0.1, 0.15) is 11.4 Å². The van der Waals surface area contributed by atoms with Gasteiger partial charge in [0.25, 0.3) is 0 Å². The van der Waals surface area contributed by atoms with Crippen molar-refractivity contribution in [2.24, 2.45) is 16.6 Å². The molecule has 1 heterocycles. The molecule has 2 atom stereocenters. The summed E-state index contributed by atoms with van der Waals surface area (Å²) in [5.74, 6) is 3.42. The fourth-order valence-corrected chi connectivity index (χ4v) is 2.35. The minimum Gasteiger partial charge on any atom is -0.385 e. The highest BCUT2D eigenvalue weighted by atomic mass is 16.2. The summed E-state index contributed by atoms with van der Waals surface area (Å²) in [7, 11) is 0. The number of nitrogens with two attached hydrogens (primary N) is 1. The molecule has 0 aromatic rings. The second-order valence-electron chi connectivity index (χ2n) is 4.67. The monoisotopic (exact) mass is 235 g/mol. The van der Waals surface area contributed by atoms with Crippen LogP contribution in [-0.4, -0.2) is 28.9 Å². The minimum absolute atomic E-state index is 0.271. The molecule has 1 aliphatic heterocycles. The van der Waals surface area contributed by atoms with E-state index in [4.69, 9.17) is 12.2 Å². The Labute approximate surface area is 103 Å². The van der Waals surface area contributed by atoms with E-state index in [1.54, 1.807) is 4.90 Å². The van der Waals surface area contributed by atoms with E-state index in [9.17, 15) is 4.79 Å². The second kappa shape index (κ2) is 5.22. The molecule has 2 unspecified atom stereocenters. The Morgan fingerprint density at radius 2 is 2.24 bits per heavy atom. The highest BCUT2D eigenvalue weighted by Crippen LogP contribution is 2.33. The largest absolute Gasteiger partial charge is 0.385 e. The summed E-state index contributed by atoms with van der Waals surface area (Å²) in [6, 6.07) is -0.300. The zero-order valence-electron chi connectivity index (χ0n) is 10.9. The van der Waals surface area contributed by atoms with E-state index in [-0.39, 0.29) is 12.6 Å². The molecule has 2 amide bonds. The first-order chi connectivity index (χ1) is 8.01. The molecular weight excluding hydrogens is 214 g/mol. The molecule has 0 spiro atoms. The maximum atomic E-state index is 11.8. The second-order valence-corrected chi connectivity index (χ2v) is 4.67. The Morgan fingerprint density at radius 1 is 1.59 bits per heavy atom. The number of terminal acetylenes is 1. The lowest BCUT2D eigenvalue weighted by Gasteiger charge is -2.38. The SMILES string of the molecule is C#CCN1C(=O)N=C(N)C1(CC)CC(C)CC. The molecule has 1 aliphatic rings. The third kappa shape index (κ3) is 2.28. The van der Waals surface area contributed by atoms with Crippen LogP contribution < -0.4 is 5.73 Å². The smallest absolute Gasteiger partial charge is 0.346 e. The van der Waals surface area contributed by atoms with Gasteiger partial charge >= 0.3 is 6.03 Å². The molecule has 0 saturated carbocycles. The van der Waals surface area contributed by atoms with Crippen molar-refractivity contribution in [1.82, 2.24) is 4.90 Å². The topological polar surface area (TPSA) is 58.7 Å². The van der Waals surface area contributed by atoms with Gasteiger partial charge in [0.05, 0.1) is 6.54 Å².